The van der Waals surface area contributed by atoms with Gasteiger partial charge in [-0.2, -0.15) is 0 Å². The van der Waals surface area contributed by atoms with E-state index in [-0.39, 0.29) is 32.5 Å². The van der Waals surface area contributed by atoms with Crippen LogP contribution < -0.4 is 29.6 Å². The molecule has 1 heterocycles. The first-order valence-corrected chi connectivity index (χ1v) is 12.0. The van der Waals surface area contributed by atoms with Gasteiger partial charge in [-0.05, 0) is 43.7 Å². The standard InChI is InChI=1S/C26H28N2O8S/c1-7-36-17-11-9-8-10-16(17)27-24(30)22-14(2)20(26(31)35-6)25(37-22)28-23(29)15-12-18(32-3)21(34-5)19(13-15)33-4/h8-13H,7H2,1-6H3,(H,27,30)(H,28,29). The monoisotopic (exact) mass is 528 g/mol. The van der Waals surface area contributed by atoms with E-state index >= 15 is 0 Å². The molecule has 0 aliphatic rings. The van der Waals surface area contributed by atoms with E-state index in [1.807, 2.05) is 6.92 Å². The molecule has 3 aromatic rings. The van der Waals surface area contributed by atoms with Crippen LogP contribution in [0.4, 0.5) is 10.7 Å². The van der Waals surface area contributed by atoms with Crippen LogP contribution in [0.3, 0.4) is 0 Å². The highest BCUT2D eigenvalue weighted by atomic mass is 32.1. The van der Waals surface area contributed by atoms with Gasteiger partial charge in [0.2, 0.25) is 5.75 Å². The summed E-state index contributed by atoms with van der Waals surface area (Å²) in [5.74, 6) is -0.298. The Bertz CT molecular complexity index is 1290. The van der Waals surface area contributed by atoms with Crippen molar-refractivity contribution in [1.82, 2.24) is 0 Å². The molecule has 2 aromatic carbocycles. The molecule has 0 aliphatic carbocycles. The quantitative estimate of drug-likeness (QED) is 0.361. The van der Waals surface area contributed by atoms with Gasteiger partial charge in [-0.1, -0.05) is 12.1 Å². The summed E-state index contributed by atoms with van der Waals surface area (Å²) in [5.41, 5.74) is 1.11. The summed E-state index contributed by atoms with van der Waals surface area (Å²) < 4.78 is 26.4. The normalized spacial score (nSPS) is 10.3. The number of anilines is 2. The Hall–Kier alpha value is -4.25. The van der Waals surface area contributed by atoms with Gasteiger partial charge in [0.15, 0.2) is 11.5 Å². The molecular formula is C26H28N2O8S. The topological polar surface area (TPSA) is 121 Å². The molecule has 0 atom stereocenters. The van der Waals surface area contributed by atoms with Crippen molar-refractivity contribution >= 4 is 39.8 Å². The van der Waals surface area contributed by atoms with Crippen molar-refractivity contribution in [2.24, 2.45) is 0 Å². The summed E-state index contributed by atoms with van der Waals surface area (Å²) in [5, 5.41) is 5.69. The largest absolute Gasteiger partial charge is 0.493 e. The highest BCUT2D eigenvalue weighted by molar-refractivity contribution is 7.19. The maximum absolute atomic E-state index is 13.2. The molecule has 3 rings (SSSR count). The predicted octanol–water partition coefficient (Wildman–Crippen LogP) is 4.77. The summed E-state index contributed by atoms with van der Waals surface area (Å²) in [7, 11) is 5.55. The highest BCUT2D eigenvalue weighted by Crippen LogP contribution is 2.39. The highest BCUT2D eigenvalue weighted by Gasteiger charge is 2.27. The Morgan fingerprint density at radius 1 is 0.865 bits per heavy atom. The second kappa shape index (κ2) is 12.1. The lowest BCUT2D eigenvalue weighted by Gasteiger charge is -2.14. The lowest BCUT2D eigenvalue weighted by Crippen LogP contribution is -2.15. The molecular weight excluding hydrogens is 500 g/mol. The number of hydrogen-bond donors (Lipinski definition) is 2. The Kier molecular flexibility index (Phi) is 8.96. The van der Waals surface area contributed by atoms with E-state index in [0.29, 0.717) is 29.4 Å². The fraction of sp³-hybridized carbons (Fsp3) is 0.269. The van der Waals surface area contributed by atoms with E-state index < -0.39 is 17.8 Å². The van der Waals surface area contributed by atoms with Crippen molar-refractivity contribution in [2.45, 2.75) is 13.8 Å². The molecule has 196 valence electrons. The van der Waals surface area contributed by atoms with Crippen LogP contribution in [0, 0.1) is 6.92 Å². The zero-order valence-corrected chi connectivity index (χ0v) is 22.2. The fourth-order valence-corrected chi connectivity index (χ4v) is 4.67. The van der Waals surface area contributed by atoms with Crippen LogP contribution in [0.15, 0.2) is 36.4 Å². The number of para-hydroxylation sites is 2. The molecule has 0 saturated heterocycles. The zero-order valence-electron chi connectivity index (χ0n) is 21.3. The average molecular weight is 529 g/mol. The van der Waals surface area contributed by atoms with Crippen LogP contribution in [0.5, 0.6) is 23.0 Å². The smallest absolute Gasteiger partial charge is 0.341 e. The third kappa shape index (κ3) is 5.78. The summed E-state index contributed by atoms with van der Waals surface area (Å²) in [4.78, 5) is 39.2. The Labute approximate surface area is 218 Å². The maximum atomic E-state index is 13.2. The minimum absolute atomic E-state index is 0.0801. The second-order valence-electron chi connectivity index (χ2n) is 7.50. The van der Waals surface area contributed by atoms with Crippen LogP contribution in [0.25, 0.3) is 0 Å². The molecule has 0 bridgehead atoms. The van der Waals surface area contributed by atoms with E-state index in [0.717, 1.165) is 11.3 Å². The van der Waals surface area contributed by atoms with Crippen LogP contribution in [-0.2, 0) is 4.74 Å². The minimum Gasteiger partial charge on any atom is -0.493 e. The molecule has 0 saturated carbocycles. The SMILES string of the molecule is CCOc1ccccc1NC(=O)c1sc(NC(=O)c2cc(OC)c(OC)c(OC)c2)c(C(=O)OC)c1C. The first-order chi connectivity index (χ1) is 17.8. The van der Waals surface area contributed by atoms with Crippen molar-refractivity contribution in [3.8, 4) is 23.0 Å². The second-order valence-corrected chi connectivity index (χ2v) is 8.52. The van der Waals surface area contributed by atoms with Crippen molar-refractivity contribution in [3.63, 3.8) is 0 Å². The third-order valence-corrected chi connectivity index (χ3v) is 6.54. The Morgan fingerprint density at radius 2 is 1.51 bits per heavy atom. The van der Waals surface area contributed by atoms with E-state index in [4.69, 9.17) is 23.7 Å². The lowest BCUT2D eigenvalue weighted by atomic mass is 10.1. The molecule has 11 heteroatoms. The van der Waals surface area contributed by atoms with Crippen LogP contribution in [-0.4, -0.2) is 52.8 Å². The number of nitrogens with one attached hydrogen (secondary N) is 2. The van der Waals surface area contributed by atoms with E-state index in [1.165, 1.54) is 40.6 Å². The molecule has 0 unspecified atom stereocenters. The van der Waals surface area contributed by atoms with Gasteiger partial charge in [-0.3, -0.25) is 9.59 Å². The number of rotatable bonds is 10. The molecule has 10 nitrogen and oxygen atoms in total. The molecule has 0 spiro atoms. The number of esters is 1. The first kappa shape index (κ1) is 27.3. The number of benzene rings is 2. The average Bonchev–Trinajstić information content (AvgIpc) is 3.23. The fourth-order valence-electron chi connectivity index (χ4n) is 3.58. The number of methoxy groups -OCH3 is 4. The molecule has 2 N–H and O–H groups in total. The van der Waals surface area contributed by atoms with E-state index in [2.05, 4.69) is 10.6 Å². The van der Waals surface area contributed by atoms with Gasteiger partial charge in [0.05, 0.1) is 51.2 Å². The van der Waals surface area contributed by atoms with Crippen molar-refractivity contribution in [2.75, 3.05) is 45.7 Å². The number of thiophene rings is 1. The molecule has 37 heavy (non-hydrogen) atoms. The number of amides is 2. The first-order valence-electron chi connectivity index (χ1n) is 11.2. The minimum atomic E-state index is -0.692. The third-order valence-electron chi connectivity index (χ3n) is 5.33. The van der Waals surface area contributed by atoms with Crippen LogP contribution >= 0.6 is 11.3 Å². The van der Waals surface area contributed by atoms with E-state index in [1.54, 1.807) is 31.2 Å². The number of ether oxygens (including phenoxy) is 5. The molecule has 1 aromatic heterocycles. The maximum Gasteiger partial charge on any atom is 0.341 e. The lowest BCUT2D eigenvalue weighted by molar-refractivity contribution is 0.0601. The Balaban J connectivity index is 1.98. The predicted molar refractivity (Wildman–Crippen MR) is 140 cm³/mol. The summed E-state index contributed by atoms with van der Waals surface area (Å²) in [6.45, 7) is 3.88. The number of carbonyl (C=O) groups excluding carboxylic acids is 3. The molecule has 2 amide bonds. The van der Waals surface area contributed by atoms with Crippen molar-refractivity contribution in [3.05, 3.63) is 58.0 Å². The Morgan fingerprint density at radius 3 is 2.08 bits per heavy atom. The van der Waals surface area contributed by atoms with Gasteiger partial charge in [-0.25, -0.2) is 4.79 Å². The summed E-state index contributed by atoms with van der Waals surface area (Å²) in [6, 6.07) is 9.97. The number of hydrogen-bond acceptors (Lipinski definition) is 9. The van der Waals surface area contributed by atoms with Gasteiger partial charge in [-0.15, -0.1) is 11.3 Å². The molecule has 0 aliphatic heterocycles. The van der Waals surface area contributed by atoms with Gasteiger partial charge in [0.1, 0.15) is 10.8 Å². The van der Waals surface area contributed by atoms with Crippen molar-refractivity contribution in [1.29, 1.82) is 0 Å². The number of carbonyl (C=O) groups is 3. The van der Waals surface area contributed by atoms with Crippen molar-refractivity contribution < 1.29 is 38.1 Å². The van der Waals surface area contributed by atoms with Gasteiger partial charge in [0, 0.05) is 5.56 Å². The summed E-state index contributed by atoms with van der Waals surface area (Å²) in [6.07, 6.45) is 0. The van der Waals surface area contributed by atoms with E-state index in [9.17, 15) is 14.4 Å². The zero-order chi connectivity index (χ0) is 27.1. The van der Waals surface area contributed by atoms with Gasteiger partial charge < -0.3 is 34.3 Å². The van der Waals surface area contributed by atoms with Gasteiger partial charge >= 0.3 is 5.97 Å². The molecule has 0 radical (unpaired) electrons. The van der Waals surface area contributed by atoms with Crippen LogP contribution in [0.1, 0.15) is 42.9 Å². The van der Waals surface area contributed by atoms with Crippen LogP contribution in [0.2, 0.25) is 0 Å². The molecule has 0 fully saturated rings. The summed E-state index contributed by atoms with van der Waals surface area (Å²) >= 11 is 0.954. The van der Waals surface area contributed by atoms with Gasteiger partial charge in [0.25, 0.3) is 11.8 Å².